The quantitative estimate of drug-likeness (QED) is 0.0211. The molecule has 0 rings (SSSR count). The van der Waals surface area contributed by atoms with Crippen LogP contribution in [0.4, 0.5) is 0 Å². The second-order valence-electron chi connectivity index (χ2n) is 26.7. The van der Waals surface area contributed by atoms with Crippen LogP contribution in [0.1, 0.15) is 341 Å². The molecule has 0 aliphatic heterocycles. The van der Waals surface area contributed by atoms with Crippen LogP contribution in [0.3, 0.4) is 0 Å². The lowest BCUT2D eigenvalue weighted by Gasteiger charge is -2.24. The number of hydrogen-bond acceptors (Lipinski definition) is 7. The van der Waals surface area contributed by atoms with Crippen LogP contribution in [-0.4, -0.2) is 74.9 Å². The number of carbonyl (C=O) groups is 2. The van der Waals surface area contributed by atoms with E-state index in [-0.39, 0.29) is 32.0 Å². The lowest BCUT2D eigenvalue weighted by Crippen LogP contribution is -2.37. The predicted octanol–water partition coefficient (Wildman–Crippen LogP) is 25.2. The van der Waals surface area contributed by atoms with Crippen molar-refractivity contribution in [3.8, 4) is 0 Å². The largest absolute Gasteiger partial charge is 0.472 e. The zero-order valence-corrected chi connectivity index (χ0v) is 61.0. The molecule has 0 aliphatic rings. The Hall–Kier alpha value is -3.33. The average Bonchev–Trinajstić information content (AvgIpc) is 3.30. The first-order valence-electron chi connectivity index (χ1n) is 38.1. The number of nitrogens with zero attached hydrogens (tertiary/aromatic N) is 1. The van der Waals surface area contributed by atoms with Crippen LogP contribution in [-0.2, 0) is 32.7 Å². The number of allylic oxidation sites excluding steroid dienone is 18. The molecule has 10 heteroatoms. The van der Waals surface area contributed by atoms with Crippen molar-refractivity contribution in [1.82, 2.24) is 0 Å². The van der Waals surface area contributed by atoms with Crippen molar-refractivity contribution in [3.05, 3.63) is 109 Å². The first-order valence-corrected chi connectivity index (χ1v) is 39.6. The number of phosphoric acid groups is 1. The van der Waals surface area contributed by atoms with E-state index in [1.54, 1.807) is 0 Å². The van der Waals surface area contributed by atoms with Gasteiger partial charge in [-0.2, -0.15) is 0 Å². The van der Waals surface area contributed by atoms with Gasteiger partial charge in [-0.05, 0) is 83.5 Å². The van der Waals surface area contributed by atoms with E-state index in [1.165, 1.54) is 205 Å². The molecule has 0 aromatic heterocycles. The second kappa shape index (κ2) is 71.0. The Balaban J connectivity index is 4.03. The molecule has 0 aromatic carbocycles. The minimum Gasteiger partial charge on any atom is -0.462 e. The van der Waals surface area contributed by atoms with Crippen LogP contribution in [0.5, 0.6) is 0 Å². The van der Waals surface area contributed by atoms with Gasteiger partial charge in [0.2, 0.25) is 0 Å². The van der Waals surface area contributed by atoms with Crippen molar-refractivity contribution in [1.29, 1.82) is 0 Å². The lowest BCUT2D eigenvalue weighted by atomic mass is 10.0. The molecule has 9 nitrogen and oxygen atoms in total. The third kappa shape index (κ3) is 75.6. The van der Waals surface area contributed by atoms with Crippen molar-refractivity contribution >= 4 is 19.8 Å². The van der Waals surface area contributed by atoms with Gasteiger partial charge in [0, 0.05) is 12.8 Å². The maximum Gasteiger partial charge on any atom is 0.472 e. The minimum absolute atomic E-state index is 0.0290. The highest BCUT2D eigenvalue weighted by molar-refractivity contribution is 7.47. The summed E-state index contributed by atoms with van der Waals surface area (Å²) in [6.45, 7) is 4.36. The van der Waals surface area contributed by atoms with Crippen molar-refractivity contribution in [2.24, 2.45) is 0 Å². The first kappa shape index (κ1) is 87.7. The smallest absolute Gasteiger partial charge is 0.462 e. The summed E-state index contributed by atoms with van der Waals surface area (Å²) in [5.41, 5.74) is 0. The number of phosphoric ester groups is 1. The number of rotatable bonds is 70. The number of hydrogen-bond donors (Lipinski definition) is 1. The molecule has 0 saturated heterocycles. The normalized spacial score (nSPS) is 13.7. The van der Waals surface area contributed by atoms with Crippen molar-refractivity contribution in [2.75, 3.05) is 47.5 Å². The van der Waals surface area contributed by atoms with E-state index in [0.717, 1.165) is 103 Å². The molecule has 2 atom stereocenters. The van der Waals surface area contributed by atoms with Gasteiger partial charge < -0.3 is 18.9 Å². The van der Waals surface area contributed by atoms with Crippen molar-refractivity contribution < 1.29 is 42.1 Å². The molecule has 0 radical (unpaired) electrons. The fraction of sp³-hybridized carbons (Fsp3) is 0.753. The Morgan fingerprint density at radius 1 is 0.352 bits per heavy atom. The van der Waals surface area contributed by atoms with E-state index in [4.69, 9.17) is 18.5 Å². The van der Waals surface area contributed by atoms with Gasteiger partial charge in [-0.1, -0.05) is 354 Å². The zero-order chi connectivity index (χ0) is 66.2. The highest BCUT2D eigenvalue weighted by Gasteiger charge is 2.27. The van der Waals surface area contributed by atoms with Crippen molar-refractivity contribution in [3.63, 3.8) is 0 Å². The molecule has 0 amide bonds. The van der Waals surface area contributed by atoms with Gasteiger partial charge in [-0.3, -0.25) is 18.6 Å². The highest BCUT2D eigenvalue weighted by Crippen LogP contribution is 2.43. The molecule has 0 saturated carbocycles. The molecule has 526 valence electrons. The van der Waals surface area contributed by atoms with Crippen LogP contribution >= 0.6 is 7.82 Å². The van der Waals surface area contributed by atoms with Crippen LogP contribution in [0, 0.1) is 0 Å². The third-order valence-electron chi connectivity index (χ3n) is 16.6. The molecule has 2 unspecified atom stereocenters. The van der Waals surface area contributed by atoms with Gasteiger partial charge >= 0.3 is 19.8 Å². The summed E-state index contributed by atoms with van der Waals surface area (Å²) in [6, 6.07) is 0. The van der Waals surface area contributed by atoms with E-state index in [0.29, 0.717) is 17.4 Å². The molecule has 91 heavy (non-hydrogen) atoms. The molecular weight excluding hydrogens is 1150 g/mol. The van der Waals surface area contributed by atoms with Gasteiger partial charge in [-0.15, -0.1) is 0 Å². The van der Waals surface area contributed by atoms with Crippen LogP contribution in [0.2, 0.25) is 0 Å². The maximum absolute atomic E-state index is 12.9. The van der Waals surface area contributed by atoms with Crippen molar-refractivity contribution in [2.45, 2.75) is 347 Å². The van der Waals surface area contributed by atoms with E-state index in [2.05, 4.69) is 123 Å². The Bertz CT molecular complexity index is 1910. The van der Waals surface area contributed by atoms with Crippen LogP contribution < -0.4 is 0 Å². The highest BCUT2D eigenvalue weighted by atomic mass is 31.2. The standard InChI is InChI=1S/C81H144NO8P/c1-6-8-10-12-14-16-18-20-22-24-26-28-30-32-34-36-37-38-39-40-41-42-43-44-45-46-48-50-52-54-56-58-60-62-64-66-68-70-72-74-81(84)90-79(78-89-91(85,86)88-76-75-82(3,4)5)77-87-80(83)73-71-69-67-65-63-61-59-57-55-53-51-49-47-35-33-31-29-27-25-23-21-19-17-15-13-11-9-7-2/h8,10,14,16,20,22,26,28,32,34,37-38,40-41,43-44,46,48,79H,6-7,9,11-13,15,17-19,21,23-25,27,29-31,33,35-36,39,42,45,47,49-78H2,1-5H3/p+1/b10-8-,16-14-,22-20-,28-26-,34-32-,38-37-,41-40-,44-43-,48-46-. The number of ether oxygens (including phenoxy) is 2. The monoisotopic (exact) mass is 1290 g/mol. The summed E-state index contributed by atoms with van der Waals surface area (Å²) in [5.74, 6) is -0.790. The molecule has 0 fully saturated rings. The number of esters is 2. The summed E-state index contributed by atoms with van der Waals surface area (Å²) < 4.78 is 34.8. The van der Waals surface area contributed by atoms with Gasteiger partial charge in [-0.25, -0.2) is 4.57 Å². The zero-order valence-electron chi connectivity index (χ0n) is 60.1. The molecule has 0 spiro atoms. The Morgan fingerprint density at radius 3 is 0.934 bits per heavy atom. The predicted molar refractivity (Wildman–Crippen MR) is 395 cm³/mol. The summed E-state index contributed by atoms with van der Waals surface area (Å²) in [6.07, 6.45) is 101. The Kier molecular flexibility index (Phi) is 68.4. The van der Waals surface area contributed by atoms with Gasteiger partial charge in [0.25, 0.3) is 0 Å². The molecule has 0 heterocycles. The SMILES string of the molecule is CC/C=C\C/C=C\C/C=C\C/C=C\C/C=C\C/C=C\C/C=C\C/C=C\C/C=C\CCCCCCCCCCCCCC(=O)OC(COC(=O)CCCCCCCCCCCCCCCCCCCCCCCCCCCCCC)COP(=O)(O)OCC[N+](C)(C)C. The van der Waals surface area contributed by atoms with Gasteiger partial charge in [0.05, 0.1) is 27.7 Å². The topological polar surface area (TPSA) is 108 Å². The molecule has 0 aromatic rings. The second-order valence-corrected chi connectivity index (χ2v) is 28.1. The molecular formula is C81H145NO8P+. The van der Waals surface area contributed by atoms with E-state index in [9.17, 15) is 19.0 Å². The van der Waals surface area contributed by atoms with E-state index >= 15 is 0 Å². The molecule has 0 bridgehead atoms. The molecule has 0 aliphatic carbocycles. The third-order valence-corrected chi connectivity index (χ3v) is 17.6. The molecule has 1 N–H and O–H groups in total. The Labute approximate surface area is 563 Å². The average molecular weight is 1290 g/mol. The fourth-order valence-electron chi connectivity index (χ4n) is 10.8. The number of carbonyl (C=O) groups excluding carboxylic acids is 2. The Morgan fingerprint density at radius 2 is 0.626 bits per heavy atom. The van der Waals surface area contributed by atoms with Crippen LogP contribution in [0.25, 0.3) is 0 Å². The van der Waals surface area contributed by atoms with Gasteiger partial charge in [0.15, 0.2) is 6.10 Å². The van der Waals surface area contributed by atoms with Gasteiger partial charge in [0.1, 0.15) is 19.8 Å². The summed E-state index contributed by atoms with van der Waals surface area (Å²) >= 11 is 0. The summed E-state index contributed by atoms with van der Waals surface area (Å²) in [5, 5.41) is 0. The lowest BCUT2D eigenvalue weighted by molar-refractivity contribution is -0.870. The minimum atomic E-state index is -4.40. The van der Waals surface area contributed by atoms with Crippen LogP contribution in [0.15, 0.2) is 109 Å². The van der Waals surface area contributed by atoms with E-state index in [1.807, 2.05) is 21.1 Å². The number of quaternary nitrogens is 1. The maximum atomic E-state index is 12.9. The summed E-state index contributed by atoms with van der Waals surface area (Å²) in [4.78, 5) is 35.9. The van der Waals surface area contributed by atoms with E-state index < -0.39 is 26.5 Å². The summed E-state index contributed by atoms with van der Waals surface area (Å²) in [7, 11) is 1.48. The number of likely N-dealkylation sites (N-methyl/N-ethyl adjacent to an activating group) is 1. The fourth-order valence-corrected chi connectivity index (χ4v) is 11.5. The number of unbranched alkanes of at least 4 members (excludes halogenated alkanes) is 38. The first-order chi connectivity index (χ1) is 44.5.